The number of rotatable bonds is 5. The van der Waals surface area contributed by atoms with Crippen LogP contribution in [-0.2, 0) is 19.3 Å². The molecule has 1 aromatic rings. The van der Waals surface area contributed by atoms with E-state index in [1.54, 1.807) is 6.07 Å². The number of morpholine rings is 1. The van der Waals surface area contributed by atoms with Crippen molar-refractivity contribution in [3.63, 3.8) is 0 Å². The van der Waals surface area contributed by atoms with Gasteiger partial charge in [-0.15, -0.1) is 0 Å². The van der Waals surface area contributed by atoms with Crippen LogP contribution in [0.25, 0.3) is 0 Å². The molecule has 3 rings (SSSR count). The van der Waals surface area contributed by atoms with Crippen molar-refractivity contribution in [3.05, 3.63) is 17.0 Å². The van der Waals surface area contributed by atoms with Gasteiger partial charge in [0.1, 0.15) is 10.6 Å². The third-order valence-corrected chi connectivity index (χ3v) is 6.84. The van der Waals surface area contributed by atoms with Gasteiger partial charge in [-0.2, -0.15) is 0 Å². The predicted octanol–water partition coefficient (Wildman–Crippen LogP) is 0.363. The molecule has 22 heavy (non-hydrogen) atoms. The highest BCUT2D eigenvalue weighted by Crippen LogP contribution is 2.52. The summed E-state index contributed by atoms with van der Waals surface area (Å²) in [4.78, 5) is 10.4. The van der Waals surface area contributed by atoms with Crippen molar-refractivity contribution in [2.45, 2.75) is 17.6 Å². The first kappa shape index (κ1) is 15.9. The number of sulfone groups is 1. The van der Waals surface area contributed by atoms with Crippen molar-refractivity contribution in [1.29, 1.82) is 0 Å². The van der Waals surface area contributed by atoms with Gasteiger partial charge in [0.2, 0.25) is 5.28 Å². The lowest BCUT2D eigenvalue weighted by molar-refractivity contribution is 0.122. The van der Waals surface area contributed by atoms with Gasteiger partial charge in [-0.3, -0.25) is 0 Å². The first-order valence-electron chi connectivity index (χ1n) is 7.19. The molecule has 0 spiro atoms. The lowest BCUT2D eigenvalue weighted by atomic mass is 10.2. The van der Waals surface area contributed by atoms with E-state index in [0.717, 1.165) is 0 Å². The molecule has 2 aliphatic rings. The Labute approximate surface area is 134 Å². The Morgan fingerprint density at radius 3 is 2.59 bits per heavy atom. The molecule has 9 heteroatoms. The lowest BCUT2D eigenvalue weighted by Crippen LogP contribution is -2.37. The Morgan fingerprint density at radius 1 is 1.32 bits per heavy atom. The van der Waals surface area contributed by atoms with Gasteiger partial charge < -0.3 is 14.7 Å². The molecule has 1 N–H and O–H groups in total. The summed E-state index contributed by atoms with van der Waals surface area (Å²) in [5.41, 5.74) is 0.433. The van der Waals surface area contributed by atoms with E-state index >= 15 is 0 Å². The van der Waals surface area contributed by atoms with Crippen LogP contribution in [0.3, 0.4) is 0 Å². The SMILES string of the molecule is O=S(=O)(CCO)C1(c2cc(N3CCOCC3)nc(Cl)n2)CC1. The second-order valence-corrected chi connectivity index (χ2v) is 8.27. The van der Waals surface area contributed by atoms with Crippen LogP contribution < -0.4 is 4.90 Å². The van der Waals surface area contributed by atoms with Gasteiger partial charge in [0.25, 0.3) is 0 Å². The summed E-state index contributed by atoms with van der Waals surface area (Å²) in [5, 5.41) is 9.04. The van der Waals surface area contributed by atoms with E-state index in [1.807, 2.05) is 4.90 Å². The van der Waals surface area contributed by atoms with Gasteiger partial charge in [0.05, 0.1) is 31.3 Å². The molecular weight excluding hydrogens is 330 g/mol. The first-order valence-corrected chi connectivity index (χ1v) is 9.22. The summed E-state index contributed by atoms with van der Waals surface area (Å²) >= 11 is 6.01. The van der Waals surface area contributed by atoms with Crippen molar-refractivity contribution >= 4 is 27.3 Å². The zero-order chi connectivity index (χ0) is 15.8. The smallest absolute Gasteiger partial charge is 0.224 e. The van der Waals surface area contributed by atoms with E-state index in [0.29, 0.717) is 50.7 Å². The van der Waals surface area contributed by atoms with Crippen molar-refractivity contribution in [1.82, 2.24) is 9.97 Å². The number of ether oxygens (including phenoxy) is 1. The lowest BCUT2D eigenvalue weighted by Gasteiger charge is -2.28. The molecule has 1 aliphatic heterocycles. The fourth-order valence-electron chi connectivity index (χ4n) is 2.75. The number of halogens is 1. The van der Waals surface area contributed by atoms with Crippen molar-refractivity contribution in [2.24, 2.45) is 0 Å². The fraction of sp³-hybridized carbons (Fsp3) is 0.692. The monoisotopic (exact) mass is 347 g/mol. The molecular formula is C13H18ClN3O4S. The van der Waals surface area contributed by atoms with Gasteiger partial charge >= 0.3 is 0 Å². The van der Waals surface area contributed by atoms with Crippen LogP contribution in [0.2, 0.25) is 5.28 Å². The normalized spacial score (nSPS) is 20.9. The zero-order valence-electron chi connectivity index (χ0n) is 12.0. The Kier molecular flexibility index (Phi) is 4.28. The summed E-state index contributed by atoms with van der Waals surface area (Å²) in [6.45, 7) is 2.18. The van der Waals surface area contributed by atoms with Crippen molar-refractivity contribution < 1.29 is 18.3 Å². The Balaban J connectivity index is 1.96. The average molecular weight is 348 g/mol. The molecule has 0 amide bonds. The second kappa shape index (κ2) is 5.92. The van der Waals surface area contributed by atoms with E-state index in [2.05, 4.69) is 9.97 Å². The number of hydrogen-bond acceptors (Lipinski definition) is 7. The third-order valence-electron chi connectivity index (χ3n) is 4.15. The predicted molar refractivity (Wildman–Crippen MR) is 81.9 cm³/mol. The second-order valence-electron chi connectivity index (χ2n) is 5.52. The summed E-state index contributed by atoms with van der Waals surface area (Å²) in [6.07, 6.45) is 1.01. The number of anilines is 1. The van der Waals surface area contributed by atoms with Crippen LogP contribution in [0.15, 0.2) is 6.07 Å². The summed E-state index contributed by atoms with van der Waals surface area (Å²) in [5.74, 6) is 0.366. The van der Waals surface area contributed by atoms with Gasteiger partial charge in [-0.25, -0.2) is 18.4 Å². The van der Waals surface area contributed by atoms with E-state index in [9.17, 15) is 8.42 Å². The van der Waals surface area contributed by atoms with E-state index in [1.165, 1.54) is 0 Å². The molecule has 1 aliphatic carbocycles. The standard InChI is InChI=1S/C13H18ClN3O4S/c14-12-15-10(13(1-2-13)22(19,20)8-5-18)9-11(16-12)17-3-6-21-7-4-17/h9,18H,1-8H2. The molecule has 0 atom stereocenters. The maximum absolute atomic E-state index is 12.4. The minimum atomic E-state index is -3.46. The molecule has 0 radical (unpaired) electrons. The zero-order valence-corrected chi connectivity index (χ0v) is 13.6. The molecule has 0 aromatic carbocycles. The number of aromatic nitrogens is 2. The summed E-state index contributed by atoms with van der Waals surface area (Å²) in [6, 6.07) is 1.71. The molecule has 2 heterocycles. The van der Waals surface area contributed by atoms with E-state index < -0.39 is 14.6 Å². The Bertz CT molecular complexity index is 657. The quantitative estimate of drug-likeness (QED) is 0.769. The number of aliphatic hydroxyl groups excluding tert-OH is 1. The van der Waals surface area contributed by atoms with Crippen molar-refractivity contribution in [3.8, 4) is 0 Å². The minimum absolute atomic E-state index is 0.0458. The Morgan fingerprint density at radius 2 is 2.00 bits per heavy atom. The van der Waals surface area contributed by atoms with Gasteiger partial charge in [-0.1, -0.05) is 0 Å². The van der Waals surface area contributed by atoms with Crippen LogP contribution >= 0.6 is 11.6 Å². The van der Waals surface area contributed by atoms with Crippen LogP contribution in [0.1, 0.15) is 18.5 Å². The van der Waals surface area contributed by atoms with Crippen molar-refractivity contribution in [2.75, 3.05) is 43.6 Å². The van der Waals surface area contributed by atoms with E-state index in [4.69, 9.17) is 21.4 Å². The molecule has 1 aromatic heterocycles. The topological polar surface area (TPSA) is 92.6 Å². The molecule has 0 unspecified atom stereocenters. The third kappa shape index (κ3) is 2.80. The molecule has 1 saturated heterocycles. The molecule has 7 nitrogen and oxygen atoms in total. The van der Waals surface area contributed by atoms with Gasteiger partial charge in [-0.05, 0) is 24.4 Å². The Hall–Kier alpha value is -0.960. The minimum Gasteiger partial charge on any atom is -0.395 e. The molecule has 122 valence electrons. The highest BCUT2D eigenvalue weighted by Gasteiger charge is 2.56. The van der Waals surface area contributed by atoms with Gasteiger partial charge in [0, 0.05) is 19.2 Å². The average Bonchev–Trinajstić information content (AvgIpc) is 3.30. The molecule has 1 saturated carbocycles. The molecule has 0 bridgehead atoms. The molecule has 2 fully saturated rings. The van der Waals surface area contributed by atoms with E-state index in [-0.39, 0.29) is 17.6 Å². The highest BCUT2D eigenvalue weighted by molar-refractivity contribution is 7.92. The van der Waals surface area contributed by atoms with Gasteiger partial charge in [0.15, 0.2) is 9.84 Å². The van der Waals surface area contributed by atoms with Crippen LogP contribution in [0.4, 0.5) is 5.82 Å². The maximum atomic E-state index is 12.4. The van der Waals surface area contributed by atoms with Crippen LogP contribution in [0, 0.1) is 0 Å². The summed E-state index contributed by atoms with van der Waals surface area (Å²) < 4.78 is 29.1. The van der Waals surface area contributed by atoms with Crippen LogP contribution in [0.5, 0.6) is 0 Å². The number of hydrogen-bond donors (Lipinski definition) is 1. The fourth-order valence-corrected chi connectivity index (χ4v) is 4.71. The number of nitrogens with zero attached hydrogens (tertiary/aromatic N) is 3. The van der Waals surface area contributed by atoms with Crippen LogP contribution in [-0.4, -0.2) is 62.2 Å². The number of aliphatic hydroxyl groups is 1. The summed E-state index contributed by atoms with van der Waals surface area (Å²) in [7, 11) is -3.46. The maximum Gasteiger partial charge on any atom is 0.224 e. The largest absolute Gasteiger partial charge is 0.395 e. The highest BCUT2D eigenvalue weighted by atomic mass is 35.5. The first-order chi connectivity index (χ1) is 10.5.